The van der Waals surface area contributed by atoms with Crippen LogP contribution in [-0.2, 0) is 6.42 Å². The minimum atomic E-state index is 0.481. The Bertz CT molecular complexity index is 443. The van der Waals surface area contributed by atoms with Gasteiger partial charge in [0.25, 0.3) is 0 Å². The molecule has 0 saturated heterocycles. The van der Waals surface area contributed by atoms with E-state index in [1.165, 1.54) is 24.1 Å². The Morgan fingerprint density at radius 1 is 1.10 bits per heavy atom. The van der Waals surface area contributed by atoms with Crippen LogP contribution < -0.4 is 0 Å². The molecule has 1 aliphatic carbocycles. The van der Waals surface area contributed by atoms with Crippen LogP contribution in [0.15, 0.2) is 18.2 Å². The van der Waals surface area contributed by atoms with E-state index in [1.807, 2.05) is 12.1 Å². The number of hydrogen-bond donors (Lipinski definition) is 1. The first kappa shape index (κ1) is 16.3. The van der Waals surface area contributed by atoms with Crippen molar-refractivity contribution in [3.8, 4) is 5.75 Å². The van der Waals surface area contributed by atoms with Crippen molar-refractivity contribution in [3.63, 3.8) is 0 Å². The van der Waals surface area contributed by atoms with Crippen molar-refractivity contribution in [1.82, 2.24) is 9.80 Å². The summed E-state index contributed by atoms with van der Waals surface area (Å²) in [6.07, 6.45) is 3.38. The summed E-state index contributed by atoms with van der Waals surface area (Å²) in [6, 6.07) is 6.49. The fourth-order valence-corrected chi connectivity index (χ4v) is 3.56. The van der Waals surface area contributed by atoms with Crippen molar-refractivity contribution in [2.45, 2.75) is 46.1 Å². The number of phenolic OH excluding ortho intramolecular Hbond substituents is 1. The smallest absolute Gasteiger partial charge is 0.119 e. The van der Waals surface area contributed by atoms with E-state index in [4.69, 9.17) is 0 Å². The minimum Gasteiger partial charge on any atom is -0.508 e. The van der Waals surface area contributed by atoms with Crippen molar-refractivity contribution in [2.75, 3.05) is 32.7 Å². The van der Waals surface area contributed by atoms with Gasteiger partial charge in [-0.05, 0) is 69.2 Å². The number of benzene rings is 1. The first-order valence-electron chi connectivity index (χ1n) is 8.48. The van der Waals surface area contributed by atoms with Crippen LogP contribution in [-0.4, -0.2) is 47.6 Å². The highest BCUT2D eigenvalue weighted by Crippen LogP contribution is 2.39. The molecular formula is C18H30N2O. The van der Waals surface area contributed by atoms with Gasteiger partial charge in [0.2, 0.25) is 0 Å². The van der Waals surface area contributed by atoms with Gasteiger partial charge in [-0.3, -0.25) is 4.90 Å². The van der Waals surface area contributed by atoms with Gasteiger partial charge in [0, 0.05) is 6.04 Å². The molecule has 1 N–H and O–H groups in total. The average molecular weight is 290 g/mol. The standard InChI is InChI=1S/C18H30N2O/c1-4-19(5-2)13-8-14-20(6-3)17-12-11-16-15(17)9-7-10-18(16)21/h7,9-10,17,21H,4-6,8,11-14H2,1-3H3. The van der Waals surface area contributed by atoms with Crippen LogP contribution in [0.2, 0.25) is 0 Å². The quantitative estimate of drug-likeness (QED) is 0.794. The Morgan fingerprint density at radius 2 is 1.86 bits per heavy atom. The van der Waals surface area contributed by atoms with Gasteiger partial charge in [0.05, 0.1) is 0 Å². The molecule has 1 aromatic carbocycles. The molecule has 0 fully saturated rings. The van der Waals surface area contributed by atoms with Gasteiger partial charge in [-0.25, -0.2) is 0 Å². The van der Waals surface area contributed by atoms with Gasteiger partial charge in [-0.2, -0.15) is 0 Å². The molecule has 0 spiro atoms. The summed E-state index contributed by atoms with van der Waals surface area (Å²) in [4.78, 5) is 5.07. The van der Waals surface area contributed by atoms with Gasteiger partial charge in [0.15, 0.2) is 0 Å². The summed E-state index contributed by atoms with van der Waals surface area (Å²) in [6.45, 7) is 12.4. The van der Waals surface area contributed by atoms with Crippen LogP contribution in [0.1, 0.15) is 50.8 Å². The Kier molecular flexibility index (Phi) is 6.07. The van der Waals surface area contributed by atoms with E-state index < -0.39 is 0 Å². The highest BCUT2D eigenvalue weighted by molar-refractivity contribution is 5.44. The van der Waals surface area contributed by atoms with Crippen molar-refractivity contribution >= 4 is 0 Å². The molecule has 1 aliphatic rings. The molecule has 0 aliphatic heterocycles. The number of aromatic hydroxyl groups is 1. The summed E-state index contributed by atoms with van der Waals surface area (Å²) >= 11 is 0. The molecule has 1 atom stereocenters. The third kappa shape index (κ3) is 3.78. The Hall–Kier alpha value is -1.06. The molecule has 0 aromatic heterocycles. The number of rotatable bonds is 8. The van der Waals surface area contributed by atoms with Crippen LogP contribution in [0, 0.1) is 0 Å². The molecule has 21 heavy (non-hydrogen) atoms. The van der Waals surface area contributed by atoms with Gasteiger partial charge in [-0.1, -0.05) is 32.9 Å². The predicted molar refractivity (Wildman–Crippen MR) is 88.8 cm³/mol. The van der Waals surface area contributed by atoms with Crippen LogP contribution in [0.4, 0.5) is 0 Å². The average Bonchev–Trinajstić information content (AvgIpc) is 2.93. The maximum absolute atomic E-state index is 9.99. The summed E-state index contributed by atoms with van der Waals surface area (Å²) in [7, 11) is 0. The van der Waals surface area contributed by atoms with E-state index in [9.17, 15) is 5.11 Å². The van der Waals surface area contributed by atoms with Gasteiger partial charge < -0.3 is 10.0 Å². The van der Waals surface area contributed by atoms with Crippen molar-refractivity contribution in [2.24, 2.45) is 0 Å². The largest absolute Gasteiger partial charge is 0.508 e. The molecule has 0 amide bonds. The third-order valence-electron chi connectivity index (χ3n) is 4.88. The molecule has 3 heteroatoms. The van der Waals surface area contributed by atoms with Crippen LogP contribution in [0.5, 0.6) is 5.75 Å². The molecule has 0 heterocycles. The van der Waals surface area contributed by atoms with Gasteiger partial charge in [0.1, 0.15) is 5.75 Å². The van der Waals surface area contributed by atoms with Crippen molar-refractivity contribution in [1.29, 1.82) is 0 Å². The van der Waals surface area contributed by atoms with Crippen molar-refractivity contribution < 1.29 is 5.11 Å². The summed E-state index contributed by atoms with van der Waals surface area (Å²) in [5, 5.41) is 9.99. The van der Waals surface area contributed by atoms with Crippen LogP contribution >= 0.6 is 0 Å². The van der Waals surface area contributed by atoms with E-state index in [1.54, 1.807) is 0 Å². The maximum Gasteiger partial charge on any atom is 0.119 e. The van der Waals surface area contributed by atoms with E-state index in [0.717, 1.165) is 39.0 Å². The summed E-state index contributed by atoms with van der Waals surface area (Å²) in [5.74, 6) is 0.481. The second kappa shape index (κ2) is 7.81. The Labute approximate surface area is 129 Å². The fraction of sp³-hybridized carbons (Fsp3) is 0.667. The monoisotopic (exact) mass is 290 g/mol. The molecular weight excluding hydrogens is 260 g/mol. The second-order valence-electron chi connectivity index (χ2n) is 5.91. The first-order chi connectivity index (χ1) is 10.2. The second-order valence-corrected chi connectivity index (χ2v) is 5.91. The number of hydrogen-bond acceptors (Lipinski definition) is 3. The lowest BCUT2D eigenvalue weighted by Crippen LogP contribution is -2.32. The normalized spacial score (nSPS) is 17.7. The predicted octanol–water partition coefficient (Wildman–Crippen LogP) is 3.43. The molecule has 0 bridgehead atoms. The lowest BCUT2D eigenvalue weighted by Gasteiger charge is -2.29. The lowest BCUT2D eigenvalue weighted by atomic mass is 10.1. The third-order valence-corrected chi connectivity index (χ3v) is 4.88. The molecule has 2 rings (SSSR count). The number of fused-ring (bicyclic) bond motifs is 1. The zero-order valence-electron chi connectivity index (χ0n) is 13.8. The number of nitrogens with zero attached hydrogens (tertiary/aromatic N) is 2. The van der Waals surface area contributed by atoms with E-state index in [0.29, 0.717) is 11.8 Å². The summed E-state index contributed by atoms with van der Waals surface area (Å²) in [5.41, 5.74) is 2.52. The minimum absolute atomic E-state index is 0.481. The molecule has 0 saturated carbocycles. The van der Waals surface area contributed by atoms with E-state index in [2.05, 4.69) is 36.6 Å². The molecule has 118 valence electrons. The van der Waals surface area contributed by atoms with E-state index in [-0.39, 0.29) is 0 Å². The fourth-order valence-electron chi connectivity index (χ4n) is 3.56. The zero-order valence-corrected chi connectivity index (χ0v) is 13.8. The Morgan fingerprint density at radius 3 is 2.52 bits per heavy atom. The number of phenols is 1. The molecule has 1 unspecified atom stereocenters. The summed E-state index contributed by atoms with van der Waals surface area (Å²) < 4.78 is 0. The SMILES string of the molecule is CCN(CC)CCCN(CC)C1CCc2c(O)cccc21. The van der Waals surface area contributed by atoms with Gasteiger partial charge >= 0.3 is 0 Å². The zero-order chi connectivity index (χ0) is 15.2. The first-order valence-corrected chi connectivity index (χ1v) is 8.48. The highest BCUT2D eigenvalue weighted by Gasteiger charge is 2.28. The topological polar surface area (TPSA) is 26.7 Å². The van der Waals surface area contributed by atoms with Gasteiger partial charge in [-0.15, -0.1) is 0 Å². The molecule has 3 nitrogen and oxygen atoms in total. The highest BCUT2D eigenvalue weighted by atomic mass is 16.3. The Balaban J connectivity index is 1.96. The van der Waals surface area contributed by atoms with Crippen molar-refractivity contribution in [3.05, 3.63) is 29.3 Å². The van der Waals surface area contributed by atoms with Crippen LogP contribution in [0.25, 0.3) is 0 Å². The lowest BCUT2D eigenvalue weighted by molar-refractivity contribution is 0.189. The molecule has 0 radical (unpaired) electrons. The van der Waals surface area contributed by atoms with Crippen LogP contribution in [0.3, 0.4) is 0 Å². The maximum atomic E-state index is 9.99. The van der Waals surface area contributed by atoms with E-state index >= 15 is 0 Å². The molecule has 1 aromatic rings.